The summed E-state index contributed by atoms with van der Waals surface area (Å²) in [7, 11) is 0. The number of alkyl halides is 1. The largest absolute Gasteiger partial charge is 0.383 e. The molecule has 1 fully saturated rings. The standard InChI is InChI=1S/C24H25IN6O2/c25-20-8-10-30(24(20)33)12-15-1-3-16(4-2-15)13-31-14-17(11-28-31)23(32)29-21-6-5-19-18(21)7-9-27-22(19)26/h1-4,7,9,11,14,20-21H,5-6,8,10,12-13H2,(H2,26,27)(H,29,32)/t20-,21?/m1/s1. The van der Waals surface area contributed by atoms with E-state index in [0.29, 0.717) is 24.5 Å². The average Bonchev–Trinajstić information content (AvgIpc) is 3.52. The molecule has 2 amide bonds. The average molecular weight is 556 g/mol. The van der Waals surface area contributed by atoms with E-state index in [-0.39, 0.29) is 21.8 Å². The summed E-state index contributed by atoms with van der Waals surface area (Å²) in [5.74, 6) is 0.626. The van der Waals surface area contributed by atoms with Crippen LogP contribution in [0.4, 0.5) is 5.82 Å². The van der Waals surface area contributed by atoms with Crippen LogP contribution in [0.1, 0.15) is 51.5 Å². The fraction of sp³-hybridized carbons (Fsp3) is 0.333. The van der Waals surface area contributed by atoms with Crippen molar-refractivity contribution in [3.05, 3.63) is 76.7 Å². The molecule has 2 atom stereocenters. The molecule has 33 heavy (non-hydrogen) atoms. The van der Waals surface area contributed by atoms with Gasteiger partial charge in [-0.1, -0.05) is 46.9 Å². The van der Waals surface area contributed by atoms with Gasteiger partial charge < -0.3 is 16.0 Å². The maximum absolute atomic E-state index is 12.8. The van der Waals surface area contributed by atoms with E-state index in [2.05, 4.69) is 50.1 Å². The molecular weight excluding hydrogens is 531 g/mol. The van der Waals surface area contributed by atoms with Gasteiger partial charge >= 0.3 is 0 Å². The Morgan fingerprint density at radius 3 is 2.64 bits per heavy atom. The number of amides is 2. The predicted octanol–water partition coefficient (Wildman–Crippen LogP) is 2.86. The smallest absolute Gasteiger partial charge is 0.254 e. The Morgan fingerprint density at radius 1 is 1.15 bits per heavy atom. The van der Waals surface area contributed by atoms with Crippen molar-refractivity contribution in [3.63, 3.8) is 0 Å². The number of benzene rings is 1. The second-order valence-corrected chi connectivity index (χ2v) is 10.1. The van der Waals surface area contributed by atoms with Gasteiger partial charge in [-0.25, -0.2) is 4.98 Å². The summed E-state index contributed by atoms with van der Waals surface area (Å²) in [5.41, 5.74) is 10.8. The predicted molar refractivity (Wildman–Crippen MR) is 133 cm³/mol. The summed E-state index contributed by atoms with van der Waals surface area (Å²) in [5, 5.41) is 7.46. The molecule has 3 aromatic rings. The van der Waals surface area contributed by atoms with Crippen LogP contribution in [0, 0.1) is 0 Å². The number of anilines is 1. The lowest BCUT2D eigenvalue weighted by molar-refractivity contribution is -0.127. The first-order valence-electron chi connectivity index (χ1n) is 11.0. The highest BCUT2D eigenvalue weighted by molar-refractivity contribution is 14.1. The van der Waals surface area contributed by atoms with Crippen LogP contribution >= 0.6 is 22.6 Å². The van der Waals surface area contributed by atoms with E-state index in [1.807, 2.05) is 23.1 Å². The highest BCUT2D eigenvalue weighted by Crippen LogP contribution is 2.33. The Morgan fingerprint density at radius 2 is 1.91 bits per heavy atom. The molecule has 0 saturated carbocycles. The molecule has 0 radical (unpaired) electrons. The minimum atomic E-state index is -0.145. The maximum Gasteiger partial charge on any atom is 0.254 e. The molecule has 170 valence electrons. The number of fused-ring (bicyclic) bond motifs is 1. The molecule has 3 heterocycles. The molecule has 5 rings (SSSR count). The van der Waals surface area contributed by atoms with Gasteiger partial charge in [0.15, 0.2) is 0 Å². The number of halogens is 1. The summed E-state index contributed by atoms with van der Waals surface area (Å²) in [6.45, 7) is 2.04. The van der Waals surface area contributed by atoms with E-state index in [1.54, 1.807) is 23.3 Å². The third-order valence-electron chi connectivity index (χ3n) is 6.36. The Bertz CT molecular complexity index is 1190. The highest BCUT2D eigenvalue weighted by Gasteiger charge is 2.29. The van der Waals surface area contributed by atoms with Crippen LogP contribution in [0.5, 0.6) is 0 Å². The first-order valence-corrected chi connectivity index (χ1v) is 12.3. The van der Waals surface area contributed by atoms with Crippen molar-refractivity contribution in [1.82, 2.24) is 25.0 Å². The van der Waals surface area contributed by atoms with Crippen molar-refractivity contribution in [2.24, 2.45) is 0 Å². The van der Waals surface area contributed by atoms with Crippen LogP contribution in [-0.2, 0) is 24.3 Å². The Balaban J connectivity index is 1.19. The number of aromatic nitrogens is 3. The number of rotatable bonds is 6. The first-order chi connectivity index (χ1) is 16.0. The monoisotopic (exact) mass is 556 g/mol. The molecule has 8 nitrogen and oxygen atoms in total. The minimum absolute atomic E-state index is 0.0568. The van der Waals surface area contributed by atoms with Crippen molar-refractivity contribution in [2.45, 2.75) is 42.3 Å². The first kappa shape index (κ1) is 21.9. The molecule has 1 saturated heterocycles. The molecule has 1 aliphatic heterocycles. The van der Waals surface area contributed by atoms with Gasteiger partial charge in [-0.05, 0) is 47.6 Å². The number of pyridine rings is 1. The Hall–Kier alpha value is -2.95. The molecule has 0 bridgehead atoms. The molecule has 2 aliphatic rings. The van der Waals surface area contributed by atoms with Crippen molar-refractivity contribution in [3.8, 4) is 0 Å². The van der Waals surface area contributed by atoms with E-state index in [0.717, 1.165) is 48.1 Å². The number of likely N-dealkylation sites (tertiary alicyclic amines) is 1. The van der Waals surface area contributed by atoms with E-state index in [4.69, 9.17) is 5.73 Å². The van der Waals surface area contributed by atoms with E-state index < -0.39 is 0 Å². The van der Waals surface area contributed by atoms with Crippen molar-refractivity contribution >= 4 is 40.2 Å². The zero-order chi connectivity index (χ0) is 22.9. The highest BCUT2D eigenvalue weighted by atomic mass is 127. The summed E-state index contributed by atoms with van der Waals surface area (Å²) >= 11 is 2.22. The SMILES string of the molecule is Nc1nccc2c1CCC2NC(=O)c1cnn(Cc2ccc(CN3CC[C@@H](I)C3=O)cc2)c1. The fourth-order valence-electron chi connectivity index (χ4n) is 4.54. The molecule has 3 N–H and O–H groups in total. The van der Waals surface area contributed by atoms with Crippen molar-refractivity contribution < 1.29 is 9.59 Å². The van der Waals surface area contributed by atoms with E-state index >= 15 is 0 Å². The lowest BCUT2D eigenvalue weighted by atomic mass is 10.1. The molecular formula is C24H25IN6O2. The van der Waals surface area contributed by atoms with Crippen molar-refractivity contribution in [1.29, 1.82) is 0 Å². The number of hydrogen-bond acceptors (Lipinski definition) is 5. The second kappa shape index (κ2) is 9.12. The summed E-state index contributed by atoms with van der Waals surface area (Å²) in [6, 6.07) is 10.1. The van der Waals surface area contributed by atoms with Crippen molar-refractivity contribution in [2.75, 3.05) is 12.3 Å². The molecule has 1 aliphatic carbocycles. The van der Waals surface area contributed by atoms with Crippen LogP contribution in [0.15, 0.2) is 48.9 Å². The van der Waals surface area contributed by atoms with E-state index in [1.165, 1.54) is 0 Å². The lowest BCUT2D eigenvalue weighted by Gasteiger charge is -2.16. The molecule has 1 unspecified atom stereocenters. The Kier molecular flexibility index (Phi) is 6.05. The number of nitrogens with zero attached hydrogens (tertiary/aromatic N) is 4. The number of carbonyl (C=O) groups is 2. The van der Waals surface area contributed by atoms with Gasteiger partial charge in [0.2, 0.25) is 5.91 Å². The molecule has 9 heteroatoms. The third-order valence-corrected chi connectivity index (χ3v) is 7.51. The number of carbonyl (C=O) groups excluding carboxylic acids is 2. The zero-order valence-corrected chi connectivity index (χ0v) is 20.2. The van der Waals surface area contributed by atoms with Crippen LogP contribution in [0.2, 0.25) is 0 Å². The van der Waals surface area contributed by atoms with Gasteiger partial charge in [-0.15, -0.1) is 0 Å². The van der Waals surface area contributed by atoms with Crippen LogP contribution in [0.25, 0.3) is 0 Å². The summed E-state index contributed by atoms with van der Waals surface area (Å²) in [4.78, 5) is 31.0. The topological polar surface area (TPSA) is 106 Å². The lowest BCUT2D eigenvalue weighted by Crippen LogP contribution is -2.27. The van der Waals surface area contributed by atoms with E-state index in [9.17, 15) is 9.59 Å². The quantitative estimate of drug-likeness (QED) is 0.359. The number of nitrogens with one attached hydrogen (secondary N) is 1. The van der Waals surface area contributed by atoms with Gasteiger partial charge in [0, 0.05) is 25.5 Å². The fourth-order valence-corrected chi connectivity index (χ4v) is 5.21. The Labute approximate surface area is 205 Å². The molecule has 2 aromatic heterocycles. The second-order valence-electron chi connectivity index (χ2n) is 8.59. The van der Waals surface area contributed by atoms with Gasteiger partial charge in [0.05, 0.1) is 28.3 Å². The zero-order valence-electron chi connectivity index (χ0n) is 18.1. The van der Waals surface area contributed by atoms with Crippen LogP contribution < -0.4 is 11.1 Å². The van der Waals surface area contributed by atoms with Gasteiger partial charge in [-0.3, -0.25) is 14.3 Å². The third kappa shape index (κ3) is 4.59. The van der Waals surface area contributed by atoms with Gasteiger partial charge in [-0.2, -0.15) is 5.10 Å². The maximum atomic E-state index is 12.8. The van der Waals surface area contributed by atoms with Gasteiger partial charge in [0.25, 0.3) is 5.91 Å². The van der Waals surface area contributed by atoms with Crippen LogP contribution in [0.3, 0.4) is 0 Å². The molecule has 0 spiro atoms. The number of hydrogen-bond donors (Lipinski definition) is 2. The normalized spacial score (nSPS) is 19.7. The summed E-state index contributed by atoms with van der Waals surface area (Å²) in [6.07, 6.45) is 7.61. The minimum Gasteiger partial charge on any atom is -0.383 e. The summed E-state index contributed by atoms with van der Waals surface area (Å²) < 4.78 is 1.87. The number of nitrogen functional groups attached to an aromatic ring is 1. The molecule has 1 aromatic carbocycles. The van der Waals surface area contributed by atoms with Gasteiger partial charge in [0.1, 0.15) is 5.82 Å². The van der Waals surface area contributed by atoms with Crippen LogP contribution in [-0.4, -0.2) is 41.9 Å². The number of nitrogens with two attached hydrogens (primary N) is 1.